The highest BCUT2D eigenvalue weighted by atomic mass is 16.5. The van der Waals surface area contributed by atoms with E-state index in [2.05, 4.69) is 5.32 Å². The van der Waals surface area contributed by atoms with Crippen molar-refractivity contribution in [3.63, 3.8) is 0 Å². The second kappa shape index (κ2) is 5.55. The summed E-state index contributed by atoms with van der Waals surface area (Å²) in [4.78, 5) is 34.9. The first-order valence-electron chi connectivity index (χ1n) is 6.94. The lowest BCUT2D eigenvalue weighted by molar-refractivity contribution is -0.130. The van der Waals surface area contributed by atoms with Crippen LogP contribution in [0.5, 0.6) is 5.75 Å². The number of carbonyl (C=O) groups excluding carboxylic acids is 3. The molecule has 0 spiro atoms. The zero-order valence-electron chi connectivity index (χ0n) is 11.4. The van der Waals surface area contributed by atoms with Crippen LogP contribution in [0.2, 0.25) is 0 Å². The average Bonchev–Trinajstić information content (AvgIpc) is 2.49. The van der Waals surface area contributed by atoms with Crippen LogP contribution in [0.1, 0.15) is 36.0 Å². The van der Waals surface area contributed by atoms with Crippen LogP contribution in [-0.4, -0.2) is 30.4 Å². The number of nitrogens with one attached hydrogen (secondary N) is 1. The summed E-state index contributed by atoms with van der Waals surface area (Å²) >= 11 is 0. The summed E-state index contributed by atoms with van der Waals surface area (Å²) in [6.45, 7) is -0.0768. The zero-order valence-corrected chi connectivity index (χ0v) is 11.4. The first kappa shape index (κ1) is 13.6. The molecular weight excluding hydrogens is 274 g/mol. The van der Waals surface area contributed by atoms with Crippen molar-refractivity contribution in [2.45, 2.75) is 31.8 Å². The van der Waals surface area contributed by atoms with Gasteiger partial charge in [0.15, 0.2) is 18.5 Å². The molecule has 1 aromatic carbocycles. The maximum Gasteiger partial charge on any atom is 0.338 e. The number of carbonyl (C=O) groups is 3. The van der Waals surface area contributed by atoms with Gasteiger partial charge in [-0.3, -0.25) is 9.59 Å². The monoisotopic (exact) mass is 289 g/mol. The van der Waals surface area contributed by atoms with Crippen molar-refractivity contribution in [1.82, 2.24) is 0 Å². The van der Waals surface area contributed by atoms with E-state index in [1.165, 1.54) is 6.07 Å². The number of ether oxygens (including phenoxy) is 2. The van der Waals surface area contributed by atoms with Gasteiger partial charge in [0, 0.05) is 6.42 Å². The van der Waals surface area contributed by atoms with Gasteiger partial charge in [0.25, 0.3) is 5.91 Å². The van der Waals surface area contributed by atoms with E-state index in [1.54, 1.807) is 12.1 Å². The molecule has 6 heteroatoms. The largest absolute Gasteiger partial charge is 0.482 e. The number of benzene rings is 1. The van der Waals surface area contributed by atoms with E-state index < -0.39 is 12.1 Å². The summed E-state index contributed by atoms with van der Waals surface area (Å²) in [5.74, 6) is -0.362. The smallest absolute Gasteiger partial charge is 0.338 e. The molecule has 1 aliphatic carbocycles. The lowest BCUT2D eigenvalue weighted by Gasteiger charge is -2.21. The van der Waals surface area contributed by atoms with Crippen LogP contribution in [0.4, 0.5) is 5.69 Å². The lowest BCUT2D eigenvalue weighted by atomic mass is 9.96. The van der Waals surface area contributed by atoms with Crippen molar-refractivity contribution in [2.24, 2.45) is 0 Å². The molecule has 2 aliphatic rings. The van der Waals surface area contributed by atoms with Crippen LogP contribution in [0, 0.1) is 0 Å². The van der Waals surface area contributed by atoms with E-state index in [0.29, 0.717) is 29.8 Å². The Labute approximate surface area is 121 Å². The molecule has 1 atom stereocenters. The van der Waals surface area contributed by atoms with Crippen LogP contribution in [0.25, 0.3) is 0 Å². The Morgan fingerprint density at radius 2 is 2.14 bits per heavy atom. The van der Waals surface area contributed by atoms with Crippen LogP contribution in [0.3, 0.4) is 0 Å². The minimum atomic E-state index is -0.636. The molecule has 1 saturated carbocycles. The predicted molar refractivity (Wildman–Crippen MR) is 73.2 cm³/mol. The van der Waals surface area contributed by atoms with Crippen molar-refractivity contribution in [3.05, 3.63) is 23.8 Å². The number of ketones is 1. The van der Waals surface area contributed by atoms with Gasteiger partial charge in [0.1, 0.15) is 5.75 Å². The number of anilines is 1. The summed E-state index contributed by atoms with van der Waals surface area (Å²) in [5.41, 5.74) is 0.833. The predicted octanol–water partition coefficient (Wildman–Crippen LogP) is 1.69. The van der Waals surface area contributed by atoms with E-state index in [-0.39, 0.29) is 18.3 Å². The van der Waals surface area contributed by atoms with Gasteiger partial charge in [-0.25, -0.2) is 4.79 Å². The van der Waals surface area contributed by atoms with Crippen molar-refractivity contribution in [3.8, 4) is 5.75 Å². The standard InChI is InChI=1S/C15H15NO5/c17-11-3-1-2-4-12(11)21-15(19)9-5-6-10-13(7-9)20-8-14(18)16-10/h5-7,12H,1-4,8H2,(H,16,18)/t12-/m0/s1. The maximum absolute atomic E-state index is 12.1. The Morgan fingerprint density at radius 3 is 2.95 bits per heavy atom. The second-order valence-electron chi connectivity index (χ2n) is 5.15. The van der Waals surface area contributed by atoms with Crippen molar-refractivity contribution < 1.29 is 23.9 Å². The fourth-order valence-corrected chi connectivity index (χ4v) is 2.47. The topological polar surface area (TPSA) is 81.7 Å². The highest BCUT2D eigenvalue weighted by Crippen LogP contribution is 2.29. The van der Waals surface area contributed by atoms with E-state index in [0.717, 1.165) is 12.8 Å². The first-order valence-corrected chi connectivity index (χ1v) is 6.94. The highest BCUT2D eigenvalue weighted by Gasteiger charge is 2.27. The second-order valence-corrected chi connectivity index (χ2v) is 5.15. The highest BCUT2D eigenvalue weighted by molar-refractivity contribution is 5.98. The van der Waals surface area contributed by atoms with Gasteiger partial charge in [-0.15, -0.1) is 0 Å². The summed E-state index contributed by atoms with van der Waals surface area (Å²) in [5, 5.41) is 2.64. The number of hydrogen-bond acceptors (Lipinski definition) is 5. The summed E-state index contributed by atoms with van der Waals surface area (Å²) in [6.07, 6.45) is 2.17. The Balaban J connectivity index is 1.73. The quantitative estimate of drug-likeness (QED) is 0.838. The van der Waals surface area contributed by atoms with Gasteiger partial charge < -0.3 is 14.8 Å². The molecule has 1 N–H and O–H groups in total. The third-order valence-corrected chi connectivity index (χ3v) is 3.60. The fourth-order valence-electron chi connectivity index (χ4n) is 2.47. The van der Waals surface area contributed by atoms with E-state index in [4.69, 9.17) is 9.47 Å². The minimum absolute atomic E-state index is 0.0175. The Morgan fingerprint density at radius 1 is 1.29 bits per heavy atom. The molecule has 0 unspecified atom stereocenters. The molecular formula is C15H15NO5. The number of fused-ring (bicyclic) bond motifs is 1. The molecule has 0 saturated heterocycles. The third-order valence-electron chi connectivity index (χ3n) is 3.60. The molecule has 0 bridgehead atoms. The SMILES string of the molecule is O=C1COc2cc(C(=O)O[C@H]3CCCCC3=O)ccc2N1. The molecule has 21 heavy (non-hydrogen) atoms. The minimum Gasteiger partial charge on any atom is -0.482 e. The van der Waals surface area contributed by atoms with E-state index >= 15 is 0 Å². The summed E-state index contributed by atoms with van der Waals surface area (Å²) in [7, 11) is 0. The third kappa shape index (κ3) is 2.89. The summed E-state index contributed by atoms with van der Waals surface area (Å²) < 4.78 is 10.5. The van der Waals surface area contributed by atoms with Crippen molar-refractivity contribution in [2.75, 3.05) is 11.9 Å². The zero-order chi connectivity index (χ0) is 14.8. The van der Waals surface area contributed by atoms with Crippen LogP contribution < -0.4 is 10.1 Å². The average molecular weight is 289 g/mol. The normalized spacial score (nSPS) is 21.0. The van der Waals surface area contributed by atoms with Crippen molar-refractivity contribution in [1.29, 1.82) is 0 Å². The van der Waals surface area contributed by atoms with Crippen LogP contribution in [-0.2, 0) is 14.3 Å². The van der Waals surface area contributed by atoms with Crippen LogP contribution in [0.15, 0.2) is 18.2 Å². The molecule has 110 valence electrons. The van der Waals surface area contributed by atoms with E-state index in [1.807, 2.05) is 0 Å². The fraction of sp³-hybridized carbons (Fsp3) is 0.400. The molecule has 1 amide bonds. The lowest BCUT2D eigenvalue weighted by Crippen LogP contribution is -2.30. The van der Waals surface area contributed by atoms with Gasteiger partial charge in [0.2, 0.25) is 0 Å². The Kier molecular flexibility index (Phi) is 3.60. The van der Waals surface area contributed by atoms with Gasteiger partial charge >= 0.3 is 5.97 Å². The first-order chi connectivity index (χ1) is 10.1. The maximum atomic E-state index is 12.1. The van der Waals surface area contributed by atoms with Gasteiger partial charge in [0.05, 0.1) is 11.3 Å². The Hall–Kier alpha value is -2.37. The van der Waals surface area contributed by atoms with Crippen LogP contribution >= 0.6 is 0 Å². The molecule has 0 aromatic heterocycles. The number of rotatable bonds is 2. The summed E-state index contributed by atoms with van der Waals surface area (Å²) in [6, 6.07) is 4.65. The molecule has 1 aliphatic heterocycles. The van der Waals surface area contributed by atoms with Gasteiger partial charge in [-0.1, -0.05) is 0 Å². The van der Waals surface area contributed by atoms with Crippen molar-refractivity contribution >= 4 is 23.3 Å². The van der Waals surface area contributed by atoms with Gasteiger partial charge in [-0.2, -0.15) is 0 Å². The molecule has 1 aromatic rings. The molecule has 3 rings (SSSR count). The molecule has 6 nitrogen and oxygen atoms in total. The number of amides is 1. The van der Waals surface area contributed by atoms with E-state index in [9.17, 15) is 14.4 Å². The molecule has 0 radical (unpaired) electrons. The Bertz CT molecular complexity index is 610. The molecule has 1 fully saturated rings. The number of hydrogen-bond donors (Lipinski definition) is 1. The molecule has 1 heterocycles. The number of Topliss-reactive ketones (excluding diaryl/α,β-unsaturated/α-hetero) is 1. The van der Waals surface area contributed by atoms with Gasteiger partial charge in [-0.05, 0) is 37.5 Å². The number of esters is 1.